The van der Waals surface area contributed by atoms with Crippen molar-refractivity contribution in [2.45, 2.75) is 9.41 Å². The Kier molecular flexibility index (Phi) is 6.08. The number of hydrogen-bond acceptors (Lipinski definition) is 6. The van der Waals surface area contributed by atoms with Crippen molar-refractivity contribution in [1.82, 2.24) is 13.5 Å². The molecule has 7 nitrogen and oxygen atoms in total. The Morgan fingerprint density at radius 3 is 2.43 bits per heavy atom. The monoisotopic (exact) mass is 633 g/mol. The summed E-state index contributed by atoms with van der Waals surface area (Å²) in [5.74, 6) is -0.703. The molecule has 3 aromatic rings. The normalized spacial score (nSPS) is 12.4. The van der Waals surface area contributed by atoms with Gasteiger partial charge in [-0.3, -0.25) is 9.36 Å². The number of rotatable bonds is 3. The maximum atomic E-state index is 13.3. The molecule has 2 heterocycles. The number of benzene rings is 1. The number of alkyl halides is 5. The Hall–Kier alpha value is -1.51. The summed E-state index contributed by atoms with van der Waals surface area (Å²) in [6.07, 6.45) is -4.91. The van der Waals surface area contributed by atoms with Crippen molar-refractivity contribution in [3.05, 3.63) is 54.9 Å². The smallest absolute Gasteiger partial charge is 0.432 e. The van der Waals surface area contributed by atoms with Crippen LogP contribution in [0.25, 0.3) is 15.8 Å². The van der Waals surface area contributed by atoms with E-state index >= 15 is 0 Å². The number of hydrogen-bond donors (Lipinski definition) is 0. The lowest BCUT2D eigenvalue weighted by Gasteiger charge is -2.17. The zero-order valence-corrected chi connectivity index (χ0v) is 20.5. The van der Waals surface area contributed by atoms with E-state index in [9.17, 15) is 27.6 Å². The first kappa shape index (κ1) is 23.2. The molecule has 0 aliphatic carbocycles. The fraction of sp³-hybridized carbons (Fsp3) is 0.250. The summed E-state index contributed by atoms with van der Waals surface area (Å²) in [6, 6.07) is 4.32. The number of carbonyl (C=O) groups is 1. The summed E-state index contributed by atoms with van der Waals surface area (Å²) >= 11 is 10.1. The van der Waals surface area contributed by atoms with Crippen LogP contribution >= 0.6 is 59.3 Å². The van der Waals surface area contributed by atoms with Crippen molar-refractivity contribution in [1.29, 1.82) is 0 Å². The molecular formula is C16H9Br3F3N3O4S. The molecule has 0 amide bonds. The van der Waals surface area contributed by atoms with Crippen molar-refractivity contribution in [2.75, 3.05) is 7.11 Å². The predicted octanol–water partition coefficient (Wildman–Crippen LogP) is 4.04. The van der Waals surface area contributed by atoms with Crippen LogP contribution in [-0.2, 0) is 26.0 Å². The minimum Gasteiger partial charge on any atom is -0.467 e. The second-order valence-corrected chi connectivity index (χ2v) is 11.0. The van der Waals surface area contributed by atoms with Crippen LogP contribution < -0.4 is 11.2 Å². The summed E-state index contributed by atoms with van der Waals surface area (Å²) in [6.45, 7) is 0. The number of methoxy groups -OCH3 is 1. The van der Waals surface area contributed by atoms with Crippen LogP contribution in [0.2, 0.25) is 0 Å². The largest absolute Gasteiger partial charge is 0.467 e. The molecule has 0 spiro atoms. The van der Waals surface area contributed by atoms with Crippen molar-refractivity contribution in [2.24, 2.45) is 7.05 Å². The van der Waals surface area contributed by atoms with Gasteiger partial charge in [0, 0.05) is 12.4 Å². The summed E-state index contributed by atoms with van der Waals surface area (Å²) in [7, 11) is 2.10. The van der Waals surface area contributed by atoms with E-state index in [1.165, 1.54) is 25.3 Å². The molecule has 0 aliphatic heterocycles. The molecule has 0 bridgehead atoms. The quantitative estimate of drug-likeness (QED) is 0.321. The lowest BCUT2D eigenvalue weighted by molar-refractivity contribution is -0.144. The Morgan fingerprint density at radius 2 is 1.87 bits per heavy atom. The van der Waals surface area contributed by atoms with E-state index < -0.39 is 36.8 Å². The average molecular weight is 636 g/mol. The lowest BCUT2D eigenvalue weighted by atomic mass is 10.1. The number of aromatic nitrogens is 3. The predicted molar refractivity (Wildman–Crippen MR) is 115 cm³/mol. The molecule has 0 saturated carbocycles. The number of halogens is 6. The lowest BCUT2D eigenvalue weighted by Crippen LogP contribution is -2.42. The number of esters is 1. The maximum Gasteiger partial charge on any atom is 0.432 e. The summed E-state index contributed by atoms with van der Waals surface area (Å²) in [4.78, 5) is 37.3. The fourth-order valence-electron chi connectivity index (χ4n) is 2.74. The van der Waals surface area contributed by atoms with E-state index in [4.69, 9.17) is 4.74 Å². The van der Waals surface area contributed by atoms with E-state index in [0.717, 1.165) is 18.6 Å². The Morgan fingerprint density at radius 1 is 1.23 bits per heavy atom. The molecule has 30 heavy (non-hydrogen) atoms. The number of carbonyl (C=O) groups excluding carboxylic acids is 1. The highest BCUT2D eigenvalue weighted by Gasteiger charge is 2.40. The molecule has 1 aromatic carbocycles. The molecule has 3 rings (SSSR count). The van der Waals surface area contributed by atoms with Gasteiger partial charge < -0.3 is 4.74 Å². The third-order valence-corrected chi connectivity index (χ3v) is 7.07. The van der Waals surface area contributed by atoms with Crippen molar-refractivity contribution in [3.63, 3.8) is 0 Å². The zero-order valence-electron chi connectivity index (χ0n) is 14.9. The van der Waals surface area contributed by atoms with E-state index in [2.05, 4.69) is 52.2 Å². The fourth-order valence-corrected chi connectivity index (χ4v) is 5.38. The standard InChI is InChI=1S/C16H9Br3F3N3O4S/c1-24-11(16(20,21)22)9(17)12(26)25(14(24)28)6-3-4-8-7(5-6)10(23-30-8)15(18,19)13(27)29-2/h3-5H,1-2H3. The topological polar surface area (TPSA) is 83.2 Å². The third kappa shape index (κ3) is 3.67. The third-order valence-electron chi connectivity index (χ3n) is 4.13. The van der Waals surface area contributed by atoms with E-state index in [0.29, 0.717) is 19.2 Å². The zero-order chi connectivity index (χ0) is 22.6. The highest BCUT2D eigenvalue weighted by molar-refractivity contribution is 9.25. The number of ether oxygens (including phenoxy) is 1. The molecule has 0 saturated heterocycles. The summed E-state index contributed by atoms with van der Waals surface area (Å²) < 4.78 is 48.0. The van der Waals surface area contributed by atoms with Crippen LogP contribution in [0.4, 0.5) is 13.2 Å². The first-order valence-electron chi connectivity index (χ1n) is 7.77. The van der Waals surface area contributed by atoms with Gasteiger partial charge in [-0.25, -0.2) is 14.2 Å². The van der Waals surface area contributed by atoms with Gasteiger partial charge in [0.05, 0.1) is 17.5 Å². The first-order chi connectivity index (χ1) is 13.8. The van der Waals surface area contributed by atoms with Crippen LogP contribution in [-0.4, -0.2) is 26.6 Å². The van der Waals surface area contributed by atoms with Crippen LogP contribution in [0.5, 0.6) is 0 Å². The van der Waals surface area contributed by atoms with Crippen LogP contribution in [0.3, 0.4) is 0 Å². The molecule has 0 aliphatic rings. The number of fused-ring (bicyclic) bond motifs is 1. The molecule has 0 radical (unpaired) electrons. The van der Waals surface area contributed by atoms with Crippen LogP contribution in [0.15, 0.2) is 32.3 Å². The maximum absolute atomic E-state index is 13.3. The van der Waals surface area contributed by atoms with Gasteiger partial charge >= 0.3 is 17.8 Å². The van der Waals surface area contributed by atoms with Gasteiger partial charge in [0.25, 0.3) is 5.56 Å². The van der Waals surface area contributed by atoms with E-state index in [-0.39, 0.29) is 11.4 Å². The van der Waals surface area contributed by atoms with Gasteiger partial charge in [-0.1, -0.05) is 31.9 Å². The van der Waals surface area contributed by atoms with Crippen LogP contribution in [0, 0.1) is 0 Å². The van der Waals surface area contributed by atoms with Gasteiger partial charge in [-0.2, -0.15) is 17.5 Å². The van der Waals surface area contributed by atoms with Gasteiger partial charge in [0.2, 0.25) is 3.23 Å². The highest BCUT2D eigenvalue weighted by Crippen LogP contribution is 2.43. The van der Waals surface area contributed by atoms with Gasteiger partial charge in [-0.05, 0) is 45.7 Å². The second kappa shape index (κ2) is 7.88. The molecular weight excluding hydrogens is 627 g/mol. The Bertz CT molecular complexity index is 1260. The molecule has 0 fully saturated rings. The van der Waals surface area contributed by atoms with Crippen LogP contribution in [0.1, 0.15) is 11.4 Å². The Balaban J connectivity index is 2.32. The van der Waals surface area contributed by atoms with Gasteiger partial charge in [0.1, 0.15) is 15.9 Å². The second-order valence-electron chi connectivity index (χ2n) is 5.92. The number of nitrogens with zero attached hydrogens (tertiary/aromatic N) is 3. The SMILES string of the molecule is COC(=O)C(Br)(Br)c1nsc2ccc(-n3c(=O)c(Br)c(C(F)(F)F)n(C)c3=O)cc12. The van der Waals surface area contributed by atoms with Gasteiger partial charge in [0.15, 0.2) is 0 Å². The summed E-state index contributed by atoms with van der Waals surface area (Å²) in [5, 5.41) is 0.390. The van der Waals surface area contributed by atoms with Crippen molar-refractivity contribution < 1.29 is 22.7 Å². The molecule has 160 valence electrons. The highest BCUT2D eigenvalue weighted by atomic mass is 79.9. The molecule has 0 unspecified atom stereocenters. The average Bonchev–Trinajstić information content (AvgIpc) is 3.09. The van der Waals surface area contributed by atoms with Crippen molar-refractivity contribution in [3.8, 4) is 5.69 Å². The molecule has 0 atom stereocenters. The van der Waals surface area contributed by atoms with E-state index in [1.54, 1.807) is 0 Å². The molecule has 2 aromatic heterocycles. The Labute approximate surface area is 195 Å². The minimum absolute atomic E-state index is 0.00430. The minimum atomic E-state index is -4.91. The summed E-state index contributed by atoms with van der Waals surface area (Å²) in [5.41, 5.74) is -3.54. The van der Waals surface area contributed by atoms with Crippen molar-refractivity contribution >= 4 is 75.4 Å². The first-order valence-corrected chi connectivity index (χ1v) is 10.9. The molecule has 14 heteroatoms. The molecule has 0 N–H and O–H groups in total. The van der Waals surface area contributed by atoms with E-state index in [1.807, 2.05) is 0 Å². The van der Waals surface area contributed by atoms with Gasteiger partial charge in [-0.15, -0.1) is 0 Å².